The van der Waals surface area contributed by atoms with Crippen LogP contribution in [0.1, 0.15) is 25.8 Å². The molecule has 86 valence electrons. The van der Waals surface area contributed by atoms with E-state index in [9.17, 15) is 0 Å². The van der Waals surface area contributed by atoms with Crippen molar-refractivity contribution in [3.8, 4) is 0 Å². The van der Waals surface area contributed by atoms with E-state index >= 15 is 0 Å². The van der Waals surface area contributed by atoms with Crippen LogP contribution in [0.2, 0.25) is 0 Å². The summed E-state index contributed by atoms with van der Waals surface area (Å²) in [6, 6.07) is 10.3. The molecule has 2 nitrogen and oxygen atoms in total. The van der Waals surface area contributed by atoms with Crippen molar-refractivity contribution in [2.75, 3.05) is 6.61 Å². The molecule has 0 radical (unpaired) electrons. The SMILES string of the molecule is CC(C)OC1C/C(=C/c2ccccc2)CO1. The summed E-state index contributed by atoms with van der Waals surface area (Å²) >= 11 is 0. The molecule has 1 unspecified atom stereocenters. The third-order valence-corrected chi connectivity index (χ3v) is 2.48. The second-order valence-corrected chi connectivity index (χ2v) is 4.34. The fourth-order valence-corrected chi connectivity index (χ4v) is 1.81. The van der Waals surface area contributed by atoms with Gasteiger partial charge in [0.25, 0.3) is 0 Å². The van der Waals surface area contributed by atoms with E-state index in [0.29, 0.717) is 6.61 Å². The molecule has 1 aromatic carbocycles. The topological polar surface area (TPSA) is 18.5 Å². The summed E-state index contributed by atoms with van der Waals surface area (Å²) in [5.74, 6) is 0. The molecule has 1 heterocycles. The molecule has 1 aliphatic rings. The third-order valence-electron chi connectivity index (χ3n) is 2.48. The van der Waals surface area contributed by atoms with E-state index in [-0.39, 0.29) is 12.4 Å². The van der Waals surface area contributed by atoms with Crippen LogP contribution in [-0.2, 0) is 9.47 Å². The van der Waals surface area contributed by atoms with Crippen LogP contribution in [-0.4, -0.2) is 19.0 Å². The largest absolute Gasteiger partial charge is 0.350 e. The molecule has 1 atom stereocenters. The van der Waals surface area contributed by atoms with Gasteiger partial charge < -0.3 is 9.47 Å². The number of rotatable bonds is 3. The van der Waals surface area contributed by atoms with Crippen LogP contribution < -0.4 is 0 Å². The van der Waals surface area contributed by atoms with Gasteiger partial charge >= 0.3 is 0 Å². The highest BCUT2D eigenvalue weighted by molar-refractivity contribution is 5.53. The summed E-state index contributed by atoms with van der Waals surface area (Å²) in [4.78, 5) is 0. The second-order valence-electron chi connectivity index (χ2n) is 4.34. The van der Waals surface area contributed by atoms with Crippen LogP contribution in [0.5, 0.6) is 0 Å². The van der Waals surface area contributed by atoms with Gasteiger partial charge in [0.2, 0.25) is 0 Å². The van der Waals surface area contributed by atoms with Crippen molar-refractivity contribution >= 4 is 6.08 Å². The lowest BCUT2D eigenvalue weighted by atomic mass is 10.1. The van der Waals surface area contributed by atoms with E-state index in [1.807, 2.05) is 32.0 Å². The van der Waals surface area contributed by atoms with Gasteiger partial charge in [0.05, 0.1) is 12.7 Å². The zero-order valence-corrected chi connectivity index (χ0v) is 9.85. The van der Waals surface area contributed by atoms with E-state index in [2.05, 4.69) is 18.2 Å². The van der Waals surface area contributed by atoms with Crippen molar-refractivity contribution in [2.45, 2.75) is 32.7 Å². The van der Waals surface area contributed by atoms with Crippen molar-refractivity contribution in [3.63, 3.8) is 0 Å². The Bertz CT molecular complexity index is 354. The van der Waals surface area contributed by atoms with E-state index in [1.54, 1.807) is 0 Å². The summed E-state index contributed by atoms with van der Waals surface area (Å²) in [7, 11) is 0. The summed E-state index contributed by atoms with van der Waals surface area (Å²) in [6.07, 6.45) is 3.23. The molecule has 1 fully saturated rings. The van der Waals surface area contributed by atoms with Crippen molar-refractivity contribution in [1.29, 1.82) is 0 Å². The Morgan fingerprint density at radius 1 is 1.31 bits per heavy atom. The van der Waals surface area contributed by atoms with Crippen LogP contribution in [0.25, 0.3) is 6.08 Å². The normalized spacial score (nSPS) is 23.2. The second kappa shape index (κ2) is 5.28. The van der Waals surface area contributed by atoms with Crippen LogP contribution >= 0.6 is 0 Å². The maximum atomic E-state index is 5.62. The van der Waals surface area contributed by atoms with E-state index in [0.717, 1.165) is 6.42 Å². The van der Waals surface area contributed by atoms with Gasteiger partial charge in [-0.25, -0.2) is 0 Å². The zero-order valence-electron chi connectivity index (χ0n) is 9.85. The Balaban J connectivity index is 1.96. The lowest BCUT2D eigenvalue weighted by Crippen LogP contribution is -2.15. The summed E-state index contributed by atoms with van der Waals surface area (Å²) in [6.45, 7) is 4.75. The average Bonchev–Trinajstić information content (AvgIpc) is 2.66. The predicted molar refractivity (Wildman–Crippen MR) is 65.0 cm³/mol. The average molecular weight is 218 g/mol. The van der Waals surface area contributed by atoms with Crippen LogP contribution in [0.4, 0.5) is 0 Å². The van der Waals surface area contributed by atoms with Crippen molar-refractivity contribution in [2.24, 2.45) is 0 Å². The molecule has 1 aliphatic heterocycles. The number of hydrogen-bond donors (Lipinski definition) is 0. The van der Waals surface area contributed by atoms with Gasteiger partial charge in [0.15, 0.2) is 6.29 Å². The lowest BCUT2D eigenvalue weighted by Gasteiger charge is -2.12. The molecule has 1 saturated heterocycles. The molecule has 0 spiro atoms. The highest BCUT2D eigenvalue weighted by Crippen LogP contribution is 2.22. The molecular formula is C14H18O2. The minimum absolute atomic E-state index is 0.0602. The zero-order chi connectivity index (χ0) is 11.4. The highest BCUT2D eigenvalue weighted by atomic mass is 16.7. The number of ether oxygens (including phenoxy) is 2. The molecule has 0 bridgehead atoms. The molecule has 2 heteroatoms. The number of hydrogen-bond acceptors (Lipinski definition) is 2. The van der Waals surface area contributed by atoms with Gasteiger partial charge in [-0.05, 0) is 25.0 Å². The third kappa shape index (κ3) is 3.19. The first-order valence-corrected chi connectivity index (χ1v) is 5.75. The Morgan fingerprint density at radius 2 is 2.06 bits per heavy atom. The van der Waals surface area contributed by atoms with E-state index in [1.165, 1.54) is 11.1 Å². The molecule has 0 aromatic heterocycles. The fourth-order valence-electron chi connectivity index (χ4n) is 1.81. The summed E-state index contributed by atoms with van der Waals surface area (Å²) < 4.78 is 11.2. The van der Waals surface area contributed by atoms with E-state index in [4.69, 9.17) is 9.47 Å². The maximum Gasteiger partial charge on any atom is 0.162 e. The first kappa shape index (κ1) is 11.4. The van der Waals surface area contributed by atoms with Gasteiger partial charge in [-0.15, -0.1) is 0 Å². The maximum absolute atomic E-state index is 5.62. The molecule has 2 rings (SSSR count). The molecule has 16 heavy (non-hydrogen) atoms. The van der Waals surface area contributed by atoms with Gasteiger partial charge in [-0.3, -0.25) is 0 Å². The van der Waals surface area contributed by atoms with Crippen LogP contribution in [0.3, 0.4) is 0 Å². The van der Waals surface area contributed by atoms with Crippen LogP contribution in [0.15, 0.2) is 35.9 Å². The smallest absolute Gasteiger partial charge is 0.162 e. The first-order chi connectivity index (χ1) is 7.74. The molecular weight excluding hydrogens is 200 g/mol. The minimum Gasteiger partial charge on any atom is -0.350 e. The Morgan fingerprint density at radius 3 is 2.75 bits per heavy atom. The van der Waals surface area contributed by atoms with Gasteiger partial charge in [0, 0.05) is 6.42 Å². The monoisotopic (exact) mass is 218 g/mol. The minimum atomic E-state index is -0.0602. The molecule has 0 aliphatic carbocycles. The van der Waals surface area contributed by atoms with E-state index < -0.39 is 0 Å². The number of benzene rings is 1. The summed E-state index contributed by atoms with van der Waals surface area (Å²) in [5.41, 5.74) is 2.53. The molecule has 0 amide bonds. The Labute approximate surface area is 96.9 Å². The van der Waals surface area contributed by atoms with Gasteiger partial charge in [-0.1, -0.05) is 36.4 Å². The Kier molecular flexibility index (Phi) is 3.75. The van der Waals surface area contributed by atoms with Crippen LogP contribution in [0, 0.1) is 0 Å². The van der Waals surface area contributed by atoms with Gasteiger partial charge in [-0.2, -0.15) is 0 Å². The Hall–Kier alpha value is -1.12. The van der Waals surface area contributed by atoms with Gasteiger partial charge in [0.1, 0.15) is 0 Å². The quantitative estimate of drug-likeness (QED) is 0.775. The molecule has 1 aromatic rings. The predicted octanol–water partition coefficient (Wildman–Crippen LogP) is 3.24. The lowest BCUT2D eigenvalue weighted by molar-refractivity contribution is -0.134. The van der Waals surface area contributed by atoms with Crippen molar-refractivity contribution < 1.29 is 9.47 Å². The van der Waals surface area contributed by atoms with Crippen molar-refractivity contribution in [3.05, 3.63) is 41.5 Å². The first-order valence-electron chi connectivity index (χ1n) is 5.75. The highest BCUT2D eigenvalue weighted by Gasteiger charge is 2.21. The molecule has 0 saturated carbocycles. The molecule has 0 N–H and O–H groups in total. The standard InChI is InChI=1S/C14H18O2/c1-11(2)16-14-9-13(10-15-14)8-12-6-4-3-5-7-12/h3-8,11,14H,9-10H2,1-2H3/b13-8-. The summed E-state index contributed by atoms with van der Waals surface area (Å²) in [5, 5.41) is 0. The van der Waals surface area contributed by atoms with Crippen molar-refractivity contribution in [1.82, 2.24) is 0 Å². The fraction of sp³-hybridized carbons (Fsp3) is 0.429.